The van der Waals surface area contributed by atoms with Gasteiger partial charge in [0.05, 0.1) is 19.6 Å². The molecule has 0 amide bonds. The van der Waals surface area contributed by atoms with Gasteiger partial charge in [-0.05, 0) is 24.8 Å². The molecular formula is C16H23NO3. The highest BCUT2D eigenvalue weighted by atomic mass is 16.5. The van der Waals surface area contributed by atoms with E-state index in [-0.39, 0.29) is 18.1 Å². The van der Waals surface area contributed by atoms with Crippen LogP contribution in [0.4, 0.5) is 0 Å². The predicted molar refractivity (Wildman–Crippen MR) is 77.5 cm³/mol. The topological polar surface area (TPSA) is 47.6 Å². The molecule has 1 aliphatic rings. The summed E-state index contributed by atoms with van der Waals surface area (Å²) in [4.78, 5) is 11.5. The van der Waals surface area contributed by atoms with Crippen LogP contribution in [-0.2, 0) is 20.7 Å². The summed E-state index contributed by atoms with van der Waals surface area (Å²) in [5.74, 6) is -0.175. The van der Waals surface area contributed by atoms with E-state index in [2.05, 4.69) is 17.4 Å². The molecule has 0 bridgehead atoms. The number of ether oxygens (including phenoxy) is 2. The van der Waals surface area contributed by atoms with E-state index < -0.39 is 0 Å². The minimum absolute atomic E-state index is 0.0917. The Bertz CT molecular complexity index is 401. The summed E-state index contributed by atoms with van der Waals surface area (Å²) in [6.45, 7) is 1.65. The van der Waals surface area contributed by atoms with Crippen molar-refractivity contribution in [1.29, 1.82) is 0 Å². The molecule has 1 heterocycles. The Morgan fingerprint density at radius 3 is 2.90 bits per heavy atom. The number of hydrogen-bond donors (Lipinski definition) is 1. The van der Waals surface area contributed by atoms with Crippen LogP contribution in [0.3, 0.4) is 0 Å². The second-order valence-electron chi connectivity index (χ2n) is 5.21. The van der Waals surface area contributed by atoms with Crippen molar-refractivity contribution < 1.29 is 14.3 Å². The van der Waals surface area contributed by atoms with Crippen molar-refractivity contribution in [3.63, 3.8) is 0 Å². The molecule has 1 saturated heterocycles. The molecule has 0 aliphatic carbocycles. The monoisotopic (exact) mass is 277 g/mol. The largest absolute Gasteiger partial charge is 0.469 e. The zero-order chi connectivity index (χ0) is 14.2. The lowest BCUT2D eigenvalue weighted by Gasteiger charge is -2.20. The lowest BCUT2D eigenvalue weighted by Crippen LogP contribution is -2.38. The van der Waals surface area contributed by atoms with Crippen LogP contribution in [0.25, 0.3) is 0 Å². The molecule has 2 atom stereocenters. The number of rotatable bonds is 7. The van der Waals surface area contributed by atoms with E-state index in [1.165, 1.54) is 12.7 Å². The van der Waals surface area contributed by atoms with E-state index in [9.17, 15) is 4.79 Å². The van der Waals surface area contributed by atoms with Gasteiger partial charge in [-0.15, -0.1) is 0 Å². The minimum atomic E-state index is -0.175. The third kappa shape index (κ3) is 4.94. The van der Waals surface area contributed by atoms with E-state index in [0.29, 0.717) is 6.42 Å². The Morgan fingerprint density at radius 1 is 1.45 bits per heavy atom. The molecule has 1 aromatic rings. The van der Waals surface area contributed by atoms with Crippen molar-refractivity contribution in [3.05, 3.63) is 35.9 Å². The van der Waals surface area contributed by atoms with Gasteiger partial charge in [-0.2, -0.15) is 0 Å². The van der Waals surface area contributed by atoms with Gasteiger partial charge >= 0.3 is 5.97 Å². The van der Waals surface area contributed by atoms with Crippen LogP contribution < -0.4 is 5.32 Å². The summed E-state index contributed by atoms with van der Waals surface area (Å²) in [5.41, 5.74) is 1.22. The summed E-state index contributed by atoms with van der Waals surface area (Å²) in [5, 5.41) is 3.45. The number of hydrogen-bond acceptors (Lipinski definition) is 4. The second-order valence-corrected chi connectivity index (χ2v) is 5.21. The van der Waals surface area contributed by atoms with Gasteiger partial charge < -0.3 is 14.8 Å². The molecule has 2 unspecified atom stereocenters. The fraction of sp³-hybridized carbons (Fsp3) is 0.562. The molecule has 1 N–H and O–H groups in total. The van der Waals surface area contributed by atoms with E-state index in [0.717, 1.165) is 32.4 Å². The summed E-state index contributed by atoms with van der Waals surface area (Å²) >= 11 is 0. The maximum absolute atomic E-state index is 11.5. The Hall–Kier alpha value is -1.39. The molecular weight excluding hydrogens is 254 g/mol. The highest BCUT2D eigenvalue weighted by Gasteiger charge is 2.19. The zero-order valence-electron chi connectivity index (χ0n) is 12.0. The molecule has 4 nitrogen and oxygen atoms in total. The Kier molecular flexibility index (Phi) is 6.02. The number of esters is 1. The third-order valence-electron chi connectivity index (χ3n) is 3.62. The van der Waals surface area contributed by atoms with Crippen molar-refractivity contribution in [2.45, 2.75) is 37.8 Å². The fourth-order valence-electron chi connectivity index (χ4n) is 2.50. The Labute approximate surface area is 120 Å². The SMILES string of the molecule is COC(=O)CC(Cc1ccccc1)NCC1CCCO1. The summed E-state index contributed by atoms with van der Waals surface area (Å²) in [6, 6.07) is 10.3. The van der Waals surface area contributed by atoms with E-state index in [1.807, 2.05) is 18.2 Å². The van der Waals surface area contributed by atoms with Crippen LogP contribution in [0, 0.1) is 0 Å². The third-order valence-corrected chi connectivity index (χ3v) is 3.62. The van der Waals surface area contributed by atoms with E-state index in [1.54, 1.807) is 0 Å². The van der Waals surface area contributed by atoms with Crippen LogP contribution >= 0.6 is 0 Å². The molecule has 1 aromatic carbocycles. The van der Waals surface area contributed by atoms with Crippen LogP contribution in [0.1, 0.15) is 24.8 Å². The smallest absolute Gasteiger partial charge is 0.307 e. The number of benzene rings is 1. The Balaban J connectivity index is 1.87. The van der Waals surface area contributed by atoms with Gasteiger partial charge in [-0.3, -0.25) is 4.79 Å². The number of nitrogens with one attached hydrogen (secondary N) is 1. The lowest BCUT2D eigenvalue weighted by atomic mass is 10.0. The molecule has 1 fully saturated rings. The highest BCUT2D eigenvalue weighted by Crippen LogP contribution is 2.12. The second kappa shape index (κ2) is 8.02. The number of carbonyl (C=O) groups excluding carboxylic acids is 1. The van der Waals surface area contributed by atoms with Crippen LogP contribution in [0.2, 0.25) is 0 Å². The quantitative estimate of drug-likeness (QED) is 0.774. The van der Waals surface area contributed by atoms with Crippen LogP contribution in [0.15, 0.2) is 30.3 Å². The van der Waals surface area contributed by atoms with Gasteiger partial charge in [0.25, 0.3) is 0 Å². The lowest BCUT2D eigenvalue weighted by molar-refractivity contribution is -0.141. The highest BCUT2D eigenvalue weighted by molar-refractivity contribution is 5.70. The first-order valence-electron chi connectivity index (χ1n) is 7.23. The average Bonchev–Trinajstić information content (AvgIpc) is 2.99. The van der Waals surface area contributed by atoms with E-state index >= 15 is 0 Å². The standard InChI is InChI=1S/C16H23NO3/c1-19-16(18)11-14(10-13-6-3-2-4-7-13)17-12-15-8-5-9-20-15/h2-4,6-7,14-15,17H,5,8-12H2,1H3. The van der Waals surface area contributed by atoms with Crippen molar-refractivity contribution in [3.8, 4) is 0 Å². The molecule has 0 saturated carbocycles. The first-order chi connectivity index (χ1) is 9.78. The maximum Gasteiger partial charge on any atom is 0.307 e. The molecule has 110 valence electrons. The molecule has 0 radical (unpaired) electrons. The van der Waals surface area contributed by atoms with Gasteiger partial charge in [0, 0.05) is 19.2 Å². The number of methoxy groups -OCH3 is 1. The molecule has 0 aromatic heterocycles. The summed E-state index contributed by atoms with van der Waals surface area (Å²) in [6.07, 6.45) is 3.72. The average molecular weight is 277 g/mol. The van der Waals surface area contributed by atoms with Crippen molar-refractivity contribution in [2.75, 3.05) is 20.3 Å². The van der Waals surface area contributed by atoms with Crippen molar-refractivity contribution in [2.24, 2.45) is 0 Å². The summed E-state index contributed by atoms with van der Waals surface area (Å²) in [7, 11) is 1.43. The van der Waals surface area contributed by atoms with Gasteiger partial charge in [0.15, 0.2) is 0 Å². The van der Waals surface area contributed by atoms with Crippen molar-refractivity contribution >= 4 is 5.97 Å². The van der Waals surface area contributed by atoms with Gasteiger partial charge in [-0.1, -0.05) is 30.3 Å². The first-order valence-corrected chi connectivity index (χ1v) is 7.23. The van der Waals surface area contributed by atoms with Gasteiger partial charge in [0.1, 0.15) is 0 Å². The maximum atomic E-state index is 11.5. The van der Waals surface area contributed by atoms with Gasteiger partial charge in [-0.25, -0.2) is 0 Å². The van der Waals surface area contributed by atoms with E-state index in [4.69, 9.17) is 9.47 Å². The first kappa shape index (κ1) is 15.0. The molecule has 0 spiro atoms. The summed E-state index contributed by atoms with van der Waals surface area (Å²) < 4.78 is 10.4. The molecule has 20 heavy (non-hydrogen) atoms. The van der Waals surface area contributed by atoms with Gasteiger partial charge in [0.2, 0.25) is 0 Å². The zero-order valence-corrected chi connectivity index (χ0v) is 12.0. The van der Waals surface area contributed by atoms with Crippen LogP contribution in [0.5, 0.6) is 0 Å². The fourth-order valence-corrected chi connectivity index (χ4v) is 2.50. The minimum Gasteiger partial charge on any atom is -0.469 e. The Morgan fingerprint density at radius 2 is 2.25 bits per heavy atom. The van der Waals surface area contributed by atoms with Crippen LogP contribution in [-0.4, -0.2) is 38.4 Å². The predicted octanol–water partition coefficient (Wildman–Crippen LogP) is 1.93. The van der Waals surface area contributed by atoms with Crippen molar-refractivity contribution in [1.82, 2.24) is 5.32 Å². The molecule has 1 aliphatic heterocycles. The normalized spacial score (nSPS) is 19.8. The molecule has 2 rings (SSSR count). The molecule has 4 heteroatoms. The number of carbonyl (C=O) groups is 1.